The second-order valence-corrected chi connectivity index (χ2v) is 6.64. The lowest BCUT2D eigenvalue weighted by atomic mass is 9.98. The standard InChI is InChI=1S/C20H22N4O/c21-15-8-5-13(6-9-15)7-10-19-17(20(25)24-23-19)12-16-11-14-3-1-2-4-18(14)22-16/h5-6,8-12,22-23H,1-4,7,21H2,(H,24,25). The first kappa shape index (κ1) is 15.6. The molecule has 0 spiro atoms. The molecule has 0 saturated heterocycles. The van der Waals surface area contributed by atoms with Gasteiger partial charge in [-0.05, 0) is 67.5 Å². The number of H-pyrrole nitrogens is 3. The smallest absolute Gasteiger partial charge is 0.271 e. The monoisotopic (exact) mass is 334 g/mol. The number of aryl methyl sites for hydroxylation is 2. The van der Waals surface area contributed by atoms with E-state index in [1.165, 1.54) is 24.1 Å². The Labute approximate surface area is 145 Å². The molecule has 5 heteroatoms. The molecule has 0 bridgehead atoms. The zero-order chi connectivity index (χ0) is 17.2. The van der Waals surface area contributed by atoms with Gasteiger partial charge in [-0.2, -0.15) is 0 Å². The molecular weight excluding hydrogens is 312 g/mol. The van der Waals surface area contributed by atoms with Crippen LogP contribution >= 0.6 is 0 Å². The van der Waals surface area contributed by atoms with Crippen LogP contribution in [0.2, 0.25) is 0 Å². The molecule has 25 heavy (non-hydrogen) atoms. The zero-order valence-electron chi connectivity index (χ0n) is 14.1. The second-order valence-electron chi connectivity index (χ2n) is 6.64. The van der Waals surface area contributed by atoms with Crippen molar-refractivity contribution >= 4 is 17.8 Å². The van der Waals surface area contributed by atoms with Crippen LogP contribution in [0.25, 0.3) is 12.2 Å². The van der Waals surface area contributed by atoms with Crippen molar-refractivity contribution in [2.45, 2.75) is 32.1 Å². The van der Waals surface area contributed by atoms with E-state index >= 15 is 0 Å². The van der Waals surface area contributed by atoms with Gasteiger partial charge in [-0.1, -0.05) is 18.2 Å². The van der Waals surface area contributed by atoms with Crippen molar-refractivity contribution in [3.05, 3.63) is 73.8 Å². The third kappa shape index (κ3) is 3.31. The van der Waals surface area contributed by atoms with Crippen LogP contribution in [0.5, 0.6) is 0 Å². The summed E-state index contributed by atoms with van der Waals surface area (Å²) in [5.41, 5.74) is 11.2. The van der Waals surface area contributed by atoms with Crippen molar-refractivity contribution in [3.8, 4) is 0 Å². The molecule has 0 atom stereocenters. The van der Waals surface area contributed by atoms with E-state index in [1.807, 2.05) is 36.4 Å². The van der Waals surface area contributed by atoms with Crippen molar-refractivity contribution < 1.29 is 0 Å². The number of nitrogen functional groups attached to an aromatic ring is 1. The molecule has 0 fully saturated rings. The Hall–Kier alpha value is -2.95. The van der Waals surface area contributed by atoms with Gasteiger partial charge < -0.3 is 10.7 Å². The van der Waals surface area contributed by atoms with E-state index in [2.05, 4.69) is 21.2 Å². The minimum atomic E-state index is -0.101. The highest BCUT2D eigenvalue weighted by atomic mass is 16.1. The van der Waals surface area contributed by atoms with E-state index in [4.69, 9.17) is 5.73 Å². The van der Waals surface area contributed by atoms with Crippen LogP contribution < -0.4 is 21.9 Å². The molecule has 1 aromatic carbocycles. The van der Waals surface area contributed by atoms with E-state index in [1.54, 1.807) is 0 Å². The summed E-state index contributed by atoms with van der Waals surface area (Å²) in [5, 5.41) is 7.14. The molecule has 1 aliphatic rings. The number of nitrogens with one attached hydrogen (secondary N) is 3. The average Bonchev–Trinajstić information content (AvgIpc) is 3.18. The highest BCUT2D eigenvalue weighted by molar-refractivity contribution is 5.49. The Morgan fingerprint density at radius 3 is 2.68 bits per heavy atom. The summed E-state index contributed by atoms with van der Waals surface area (Å²) in [6.07, 6.45) is 9.40. The van der Waals surface area contributed by atoms with E-state index in [0.29, 0.717) is 5.22 Å². The van der Waals surface area contributed by atoms with Gasteiger partial charge in [0.25, 0.3) is 5.56 Å². The summed E-state index contributed by atoms with van der Waals surface area (Å²) in [4.78, 5) is 15.6. The van der Waals surface area contributed by atoms with Gasteiger partial charge >= 0.3 is 0 Å². The number of nitrogens with two attached hydrogens (primary N) is 1. The zero-order valence-corrected chi connectivity index (χ0v) is 14.1. The van der Waals surface area contributed by atoms with Gasteiger partial charge in [0.1, 0.15) is 0 Å². The highest BCUT2D eigenvalue weighted by Gasteiger charge is 2.11. The van der Waals surface area contributed by atoms with Gasteiger partial charge in [-0.15, -0.1) is 0 Å². The number of aromatic nitrogens is 3. The summed E-state index contributed by atoms with van der Waals surface area (Å²) < 4.78 is 0. The summed E-state index contributed by atoms with van der Waals surface area (Å²) in [6.45, 7) is 0. The third-order valence-corrected chi connectivity index (χ3v) is 4.80. The molecular formula is C20H22N4O. The number of fused-ring (bicyclic) bond motifs is 1. The second kappa shape index (κ2) is 6.51. The predicted octanol–water partition coefficient (Wildman–Crippen LogP) is 1.34. The highest BCUT2D eigenvalue weighted by Crippen LogP contribution is 2.21. The van der Waals surface area contributed by atoms with Crippen molar-refractivity contribution in [2.75, 3.05) is 5.73 Å². The lowest BCUT2D eigenvalue weighted by molar-refractivity contribution is 0.677. The molecule has 1 aliphatic carbocycles. The Bertz CT molecular complexity index is 1030. The maximum Gasteiger partial charge on any atom is 0.271 e. The van der Waals surface area contributed by atoms with Crippen LogP contribution in [0.3, 0.4) is 0 Å². The van der Waals surface area contributed by atoms with E-state index in [-0.39, 0.29) is 5.56 Å². The Morgan fingerprint density at radius 1 is 1.08 bits per heavy atom. The Morgan fingerprint density at radius 2 is 1.88 bits per heavy atom. The molecule has 0 saturated carbocycles. The number of anilines is 1. The van der Waals surface area contributed by atoms with Crippen LogP contribution in [0.4, 0.5) is 5.69 Å². The summed E-state index contributed by atoms with van der Waals surface area (Å²) in [5.74, 6) is 0. The number of rotatable bonds is 3. The lowest BCUT2D eigenvalue weighted by Crippen LogP contribution is -2.33. The van der Waals surface area contributed by atoms with Crippen LogP contribution in [0.1, 0.15) is 35.4 Å². The van der Waals surface area contributed by atoms with Crippen LogP contribution in [-0.2, 0) is 19.3 Å². The molecule has 5 nitrogen and oxygen atoms in total. The fourth-order valence-corrected chi connectivity index (χ4v) is 3.42. The molecule has 128 valence electrons. The Balaban J connectivity index is 1.69. The quantitative estimate of drug-likeness (QED) is 0.545. The summed E-state index contributed by atoms with van der Waals surface area (Å²) in [7, 11) is 0. The van der Waals surface area contributed by atoms with Gasteiger partial charge in [0, 0.05) is 17.1 Å². The van der Waals surface area contributed by atoms with Crippen LogP contribution in [0, 0.1) is 0 Å². The van der Waals surface area contributed by atoms with Crippen molar-refractivity contribution in [1.29, 1.82) is 0 Å². The molecule has 5 N–H and O–H groups in total. The summed E-state index contributed by atoms with van der Waals surface area (Å²) >= 11 is 0. The number of benzene rings is 1. The van der Waals surface area contributed by atoms with Crippen molar-refractivity contribution in [1.82, 2.24) is 15.2 Å². The number of hydrogen-bond donors (Lipinski definition) is 4. The third-order valence-electron chi connectivity index (χ3n) is 4.80. The van der Waals surface area contributed by atoms with E-state index < -0.39 is 0 Å². The normalized spacial score (nSPS) is 15.5. The van der Waals surface area contributed by atoms with Crippen LogP contribution in [-0.4, -0.2) is 15.2 Å². The van der Waals surface area contributed by atoms with Crippen LogP contribution in [0.15, 0.2) is 35.1 Å². The molecule has 0 aliphatic heterocycles. The van der Waals surface area contributed by atoms with Gasteiger partial charge in [0.2, 0.25) is 0 Å². The fraction of sp³-hybridized carbons (Fsp3) is 0.250. The van der Waals surface area contributed by atoms with Crippen molar-refractivity contribution in [2.24, 2.45) is 0 Å². The number of hydrogen-bond acceptors (Lipinski definition) is 2. The van der Waals surface area contributed by atoms with E-state index in [9.17, 15) is 4.79 Å². The molecule has 0 unspecified atom stereocenters. The first-order chi connectivity index (χ1) is 12.2. The fourth-order valence-electron chi connectivity index (χ4n) is 3.42. The first-order valence-corrected chi connectivity index (χ1v) is 8.73. The largest absolute Gasteiger partial charge is 0.399 e. The molecule has 3 aromatic rings. The molecule has 0 amide bonds. The number of aromatic amines is 3. The Kier molecular flexibility index (Phi) is 4.06. The van der Waals surface area contributed by atoms with Gasteiger partial charge in [0.05, 0.1) is 10.6 Å². The minimum Gasteiger partial charge on any atom is -0.399 e. The van der Waals surface area contributed by atoms with Gasteiger partial charge in [0.15, 0.2) is 0 Å². The van der Waals surface area contributed by atoms with Gasteiger partial charge in [-0.3, -0.25) is 15.0 Å². The molecule has 4 rings (SSSR count). The van der Waals surface area contributed by atoms with Crippen molar-refractivity contribution in [3.63, 3.8) is 0 Å². The maximum absolute atomic E-state index is 12.2. The SMILES string of the molecule is Nc1ccc(CC=c2[nH][nH]c(=O)c2=Cc2cc3c([nH]2)CCCC3)cc1. The topological polar surface area (TPSA) is 90.5 Å². The molecule has 2 aromatic heterocycles. The molecule has 0 radical (unpaired) electrons. The minimum absolute atomic E-state index is 0.101. The van der Waals surface area contributed by atoms with Gasteiger partial charge in [-0.25, -0.2) is 0 Å². The average molecular weight is 334 g/mol. The lowest BCUT2D eigenvalue weighted by Gasteiger charge is -2.08. The van der Waals surface area contributed by atoms with E-state index in [0.717, 1.165) is 41.6 Å². The molecule has 2 heterocycles. The maximum atomic E-state index is 12.2. The summed E-state index contributed by atoms with van der Waals surface area (Å²) in [6, 6.07) is 9.95. The predicted molar refractivity (Wildman–Crippen MR) is 101 cm³/mol. The first-order valence-electron chi connectivity index (χ1n) is 8.73.